The number of nitrogens with zero attached hydrogens (tertiary/aromatic N) is 3. The van der Waals surface area contributed by atoms with Gasteiger partial charge in [-0.05, 0) is 39.0 Å². The fraction of sp³-hybridized carbons (Fsp3) is 0.182. The lowest BCUT2D eigenvalue weighted by Crippen LogP contribution is -2.42. The molecule has 152 valence electrons. The first-order valence-corrected chi connectivity index (χ1v) is 9.85. The number of nitrogens with one attached hydrogen (secondary N) is 1. The lowest BCUT2D eigenvalue weighted by Gasteiger charge is -2.17. The third-order valence-electron chi connectivity index (χ3n) is 4.97. The Morgan fingerprint density at radius 3 is 2.33 bits per heavy atom. The summed E-state index contributed by atoms with van der Waals surface area (Å²) < 4.78 is 2.90. The SMILES string of the molecule is Cc1[nH]n(-c2cccc(Cl)c2)c(=O)c1C1=C([n+]2ccccc2)C(=O)N(C(C)C)C1=O. The van der Waals surface area contributed by atoms with Gasteiger partial charge in [0, 0.05) is 28.9 Å². The van der Waals surface area contributed by atoms with E-state index < -0.39 is 17.4 Å². The molecule has 0 radical (unpaired) electrons. The highest BCUT2D eigenvalue weighted by Gasteiger charge is 2.48. The highest BCUT2D eigenvalue weighted by atomic mass is 35.5. The van der Waals surface area contributed by atoms with Gasteiger partial charge >= 0.3 is 5.91 Å². The monoisotopic (exact) mass is 423 g/mol. The van der Waals surface area contributed by atoms with Crippen LogP contribution in [0.2, 0.25) is 5.02 Å². The lowest BCUT2D eigenvalue weighted by atomic mass is 10.1. The predicted molar refractivity (Wildman–Crippen MR) is 113 cm³/mol. The largest absolute Gasteiger partial charge is 0.327 e. The van der Waals surface area contributed by atoms with Crippen molar-refractivity contribution >= 4 is 34.7 Å². The van der Waals surface area contributed by atoms with Gasteiger partial charge in [0.25, 0.3) is 17.2 Å². The molecule has 0 fully saturated rings. The van der Waals surface area contributed by atoms with Crippen molar-refractivity contribution in [1.29, 1.82) is 0 Å². The van der Waals surface area contributed by atoms with Gasteiger partial charge in [-0.1, -0.05) is 23.7 Å². The van der Waals surface area contributed by atoms with Gasteiger partial charge in [-0.15, -0.1) is 0 Å². The number of pyridine rings is 1. The summed E-state index contributed by atoms with van der Waals surface area (Å²) in [5.41, 5.74) is 1.01. The number of carbonyl (C=O) groups excluding carboxylic acids is 2. The summed E-state index contributed by atoms with van der Waals surface area (Å²) in [4.78, 5) is 41.0. The van der Waals surface area contributed by atoms with Gasteiger partial charge in [-0.25, -0.2) is 4.68 Å². The zero-order valence-corrected chi connectivity index (χ0v) is 17.5. The van der Waals surface area contributed by atoms with Crippen LogP contribution in [0.25, 0.3) is 17.0 Å². The number of H-pyrrole nitrogens is 1. The summed E-state index contributed by atoms with van der Waals surface area (Å²) in [5.74, 6) is -0.922. The van der Waals surface area contributed by atoms with Crippen LogP contribution in [0.3, 0.4) is 0 Å². The van der Waals surface area contributed by atoms with E-state index in [9.17, 15) is 14.4 Å². The molecule has 0 atom stereocenters. The summed E-state index contributed by atoms with van der Waals surface area (Å²) in [6.07, 6.45) is 3.36. The van der Waals surface area contributed by atoms with Crippen LogP contribution < -0.4 is 10.1 Å². The van der Waals surface area contributed by atoms with Crippen LogP contribution in [0.4, 0.5) is 0 Å². The van der Waals surface area contributed by atoms with Crippen LogP contribution in [0.5, 0.6) is 0 Å². The first-order valence-electron chi connectivity index (χ1n) is 9.48. The molecule has 0 saturated heterocycles. The molecule has 1 aliphatic rings. The maximum atomic E-state index is 13.4. The van der Waals surface area contributed by atoms with Crippen LogP contribution in [0, 0.1) is 6.92 Å². The summed E-state index contributed by atoms with van der Waals surface area (Å²) in [6.45, 7) is 5.23. The number of aromatic amines is 1. The fourth-order valence-corrected chi connectivity index (χ4v) is 3.84. The van der Waals surface area contributed by atoms with Crippen LogP contribution in [-0.2, 0) is 9.59 Å². The maximum Gasteiger partial charge on any atom is 0.327 e. The van der Waals surface area contributed by atoms with Crippen molar-refractivity contribution in [1.82, 2.24) is 14.7 Å². The number of aromatic nitrogens is 3. The molecule has 8 heteroatoms. The second-order valence-electron chi connectivity index (χ2n) is 7.31. The molecule has 0 aliphatic carbocycles. The quantitative estimate of drug-likeness (QED) is 0.517. The summed E-state index contributed by atoms with van der Waals surface area (Å²) >= 11 is 6.07. The third-order valence-corrected chi connectivity index (χ3v) is 5.20. The average Bonchev–Trinajstić information content (AvgIpc) is 3.14. The minimum absolute atomic E-state index is 0.0874. The molecule has 1 aromatic carbocycles. The Kier molecular flexibility index (Phi) is 4.91. The van der Waals surface area contributed by atoms with E-state index in [1.165, 1.54) is 9.58 Å². The van der Waals surface area contributed by atoms with E-state index in [0.717, 1.165) is 0 Å². The molecule has 4 rings (SSSR count). The second kappa shape index (κ2) is 7.42. The molecule has 30 heavy (non-hydrogen) atoms. The predicted octanol–water partition coefficient (Wildman–Crippen LogP) is 2.56. The van der Waals surface area contributed by atoms with Crippen LogP contribution >= 0.6 is 11.6 Å². The Balaban J connectivity index is 1.99. The summed E-state index contributed by atoms with van der Waals surface area (Å²) in [6, 6.07) is 11.8. The number of carbonyl (C=O) groups is 2. The number of halogens is 1. The van der Waals surface area contributed by atoms with Crippen molar-refractivity contribution in [3.8, 4) is 5.69 Å². The number of hydrogen-bond acceptors (Lipinski definition) is 3. The molecule has 0 unspecified atom stereocenters. The molecule has 3 aromatic rings. The number of benzene rings is 1. The van der Waals surface area contributed by atoms with Crippen molar-refractivity contribution in [2.75, 3.05) is 0 Å². The van der Waals surface area contributed by atoms with Crippen molar-refractivity contribution in [2.45, 2.75) is 26.8 Å². The fourth-order valence-electron chi connectivity index (χ4n) is 3.65. The molecule has 3 heterocycles. The molecule has 2 aromatic heterocycles. The van der Waals surface area contributed by atoms with Crippen LogP contribution in [0.1, 0.15) is 25.1 Å². The Hall–Kier alpha value is -3.45. The van der Waals surface area contributed by atoms with E-state index in [2.05, 4.69) is 5.10 Å². The summed E-state index contributed by atoms with van der Waals surface area (Å²) in [7, 11) is 0. The average molecular weight is 424 g/mol. The van der Waals surface area contributed by atoms with Gasteiger partial charge < -0.3 is 0 Å². The molecular formula is C22H20ClN4O3+. The van der Waals surface area contributed by atoms with Crippen molar-refractivity contribution in [2.24, 2.45) is 0 Å². The normalized spacial score (nSPS) is 14.4. The Bertz CT molecular complexity index is 1250. The van der Waals surface area contributed by atoms with Gasteiger partial charge in [0.1, 0.15) is 5.57 Å². The second-order valence-corrected chi connectivity index (χ2v) is 7.75. The van der Waals surface area contributed by atoms with E-state index in [0.29, 0.717) is 16.4 Å². The minimum atomic E-state index is -0.487. The zero-order valence-electron chi connectivity index (χ0n) is 16.7. The third kappa shape index (κ3) is 3.07. The molecule has 0 saturated carbocycles. The van der Waals surface area contributed by atoms with Crippen molar-refractivity contribution < 1.29 is 14.2 Å². The van der Waals surface area contributed by atoms with Crippen molar-refractivity contribution in [3.05, 3.63) is 81.5 Å². The highest BCUT2D eigenvalue weighted by Crippen LogP contribution is 2.31. The lowest BCUT2D eigenvalue weighted by molar-refractivity contribution is -0.576. The zero-order chi connectivity index (χ0) is 21.6. The van der Waals surface area contributed by atoms with E-state index >= 15 is 0 Å². The maximum absolute atomic E-state index is 13.4. The Morgan fingerprint density at radius 2 is 1.70 bits per heavy atom. The standard InChI is InChI=1S/C22H19ClN4O3/c1-13(2)26-20(28)18(19(22(26)30)25-10-5-4-6-11-25)17-14(3)24-27(21(17)29)16-9-7-8-15(23)12-16/h4-13H,1-3H3/p+1. The van der Waals surface area contributed by atoms with E-state index in [1.807, 2.05) is 6.07 Å². The smallest absolute Gasteiger partial charge is 0.295 e. The van der Waals surface area contributed by atoms with Gasteiger partial charge in [-0.3, -0.25) is 24.4 Å². The van der Waals surface area contributed by atoms with E-state index in [1.54, 1.807) is 74.1 Å². The van der Waals surface area contributed by atoms with E-state index in [-0.39, 0.29) is 22.9 Å². The minimum Gasteiger partial charge on any atom is -0.295 e. The molecule has 1 aliphatic heterocycles. The molecular weight excluding hydrogens is 404 g/mol. The Labute approximate surface area is 177 Å². The number of hydrogen-bond donors (Lipinski definition) is 1. The molecule has 0 spiro atoms. The molecule has 0 bridgehead atoms. The number of imide groups is 1. The van der Waals surface area contributed by atoms with Gasteiger partial charge in [-0.2, -0.15) is 4.57 Å². The van der Waals surface area contributed by atoms with E-state index in [4.69, 9.17) is 11.6 Å². The van der Waals surface area contributed by atoms with Crippen LogP contribution in [0.15, 0.2) is 59.7 Å². The van der Waals surface area contributed by atoms with Crippen LogP contribution in [-0.4, -0.2) is 32.5 Å². The molecule has 7 nitrogen and oxygen atoms in total. The van der Waals surface area contributed by atoms with Crippen molar-refractivity contribution in [3.63, 3.8) is 0 Å². The van der Waals surface area contributed by atoms with Gasteiger partial charge in [0.15, 0.2) is 12.4 Å². The van der Waals surface area contributed by atoms with Gasteiger partial charge in [0.05, 0.1) is 11.3 Å². The number of rotatable bonds is 4. The number of amides is 2. The molecule has 2 amide bonds. The number of aryl methyl sites for hydroxylation is 1. The summed E-state index contributed by atoms with van der Waals surface area (Å²) in [5, 5.41) is 3.48. The van der Waals surface area contributed by atoms with Gasteiger partial charge in [0.2, 0.25) is 0 Å². The Morgan fingerprint density at radius 1 is 1.00 bits per heavy atom. The topological polar surface area (TPSA) is 79.1 Å². The highest BCUT2D eigenvalue weighted by molar-refractivity contribution is 6.44. The first-order chi connectivity index (χ1) is 14.3. The first kappa shape index (κ1) is 19.8. The molecule has 1 N–H and O–H groups in total.